The van der Waals surface area contributed by atoms with Crippen LogP contribution in [0.3, 0.4) is 0 Å². The first-order valence-corrected chi connectivity index (χ1v) is 6.41. The van der Waals surface area contributed by atoms with Gasteiger partial charge >= 0.3 is 0 Å². The molecule has 0 unspecified atom stereocenters. The molecule has 0 aliphatic carbocycles. The van der Waals surface area contributed by atoms with Crippen LogP contribution in [0, 0.1) is 13.8 Å². The largest absolute Gasteiger partial charge is 0.398 e. The van der Waals surface area contributed by atoms with Crippen LogP contribution in [0.25, 0.3) is 22.8 Å². The Morgan fingerprint density at radius 2 is 1.80 bits per heavy atom. The first kappa shape index (κ1) is 12.4. The molecule has 20 heavy (non-hydrogen) atoms. The van der Waals surface area contributed by atoms with Crippen molar-refractivity contribution in [2.75, 3.05) is 5.73 Å². The van der Waals surface area contributed by atoms with E-state index in [1.165, 1.54) is 5.56 Å². The molecule has 0 spiro atoms. The molecule has 0 saturated heterocycles. The maximum absolute atomic E-state index is 5.92. The standard InChI is InChI=1S/C16H15N3O/c1-10-7-8-12(11(2)9-10)15-18-16(20-19-15)13-5-3-4-6-14(13)17/h3-9H,17H2,1-2H3. The summed E-state index contributed by atoms with van der Waals surface area (Å²) in [6.45, 7) is 4.10. The lowest BCUT2D eigenvalue weighted by Crippen LogP contribution is -1.90. The van der Waals surface area contributed by atoms with Crippen molar-refractivity contribution < 1.29 is 4.52 Å². The van der Waals surface area contributed by atoms with Crippen molar-refractivity contribution in [1.82, 2.24) is 10.1 Å². The summed E-state index contributed by atoms with van der Waals surface area (Å²) < 4.78 is 5.33. The molecule has 0 radical (unpaired) electrons. The van der Waals surface area contributed by atoms with Gasteiger partial charge < -0.3 is 10.3 Å². The van der Waals surface area contributed by atoms with E-state index < -0.39 is 0 Å². The monoisotopic (exact) mass is 265 g/mol. The number of nitrogen functional groups attached to an aromatic ring is 1. The Kier molecular flexibility index (Phi) is 2.99. The van der Waals surface area contributed by atoms with Gasteiger partial charge in [-0.05, 0) is 31.5 Å². The third-order valence-corrected chi connectivity index (χ3v) is 3.24. The topological polar surface area (TPSA) is 64.9 Å². The molecule has 2 aromatic carbocycles. The minimum Gasteiger partial charge on any atom is -0.398 e. The molecule has 1 heterocycles. The molecule has 2 N–H and O–H groups in total. The zero-order valence-corrected chi connectivity index (χ0v) is 11.4. The fourth-order valence-electron chi connectivity index (χ4n) is 2.20. The van der Waals surface area contributed by atoms with E-state index in [0.29, 0.717) is 17.4 Å². The molecule has 100 valence electrons. The van der Waals surface area contributed by atoms with Crippen LogP contribution < -0.4 is 5.73 Å². The number of aryl methyl sites for hydroxylation is 2. The zero-order chi connectivity index (χ0) is 14.1. The molecule has 0 atom stereocenters. The van der Waals surface area contributed by atoms with Gasteiger partial charge in [-0.25, -0.2) is 0 Å². The van der Waals surface area contributed by atoms with Crippen LogP contribution in [0.4, 0.5) is 5.69 Å². The number of nitrogens with two attached hydrogens (primary N) is 1. The number of nitrogens with zero attached hydrogens (tertiary/aromatic N) is 2. The van der Waals surface area contributed by atoms with Gasteiger partial charge in [0.15, 0.2) is 0 Å². The Morgan fingerprint density at radius 1 is 1.00 bits per heavy atom. The molecule has 0 aliphatic heterocycles. The highest BCUT2D eigenvalue weighted by Gasteiger charge is 2.13. The Bertz CT molecular complexity index is 762. The molecule has 4 nitrogen and oxygen atoms in total. The second kappa shape index (κ2) is 4.81. The van der Waals surface area contributed by atoms with E-state index in [9.17, 15) is 0 Å². The van der Waals surface area contributed by atoms with E-state index >= 15 is 0 Å². The van der Waals surface area contributed by atoms with E-state index in [-0.39, 0.29) is 0 Å². The summed E-state index contributed by atoms with van der Waals surface area (Å²) >= 11 is 0. The smallest absolute Gasteiger partial charge is 0.260 e. The number of benzene rings is 2. The third kappa shape index (κ3) is 2.16. The van der Waals surface area contributed by atoms with Gasteiger partial charge in [0.2, 0.25) is 5.82 Å². The van der Waals surface area contributed by atoms with Gasteiger partial charge in [-0.2, -0.15) is 4.98 Å². The van der Waals surface area contributed by atoms with E-state index in [1.54, 1.807) is 0 Å². The predicted molar refractivity (Wildman–Crippen MR) is 79.1 cm³/mol. The first-order chi connectivity index (χ1) is 9.65. The van der Waals surface area contributed by atoms with Crippen molar-refractivity contribution in [1.29, 1.82) is 0 Å². The average Bonchev–Trinajstić information content (AvgIpc) is 2.88. The van der Waals surface area contributed by atoms with Crippen molar-refractivity contribution in [3.8, 4) is 22.8 Å². The highest BCUT2D eigenvalue weighted by atomic mass is 16.5. The Labute approximate surface area is 117 Å². The van der Waals surface area contributed by atoms with Crippen molar-refractivity contribution in [2.24, 2.45) is 0 Å². The summed E-state index contributed by atoms with van der Waals surface area (Å²) in [6, 6.07) is 13.6. The lowest BCUT2D eigenvalue weighted by molar-refractivity contribution is 0.432. The number of rotatable bonds is 2. The Morgan fingerprint density at radius 3 is 2.55 bits per heavy atom. The van der Waals surface area contributed by atoms with Crippen LogP contribution in [0.2, 0.25) is 0 Å². The van der Waals surface area contributed by atoms with E-state index in [1.807, 2.05) is 43.3 Å². The molecule has 0 fully saturated rings. The maximum Gasteiger partial charge on any atom is 0.260 e. The molecule has 0 bridgehead atoms. The van der Waals surface area contributed by atoms with Crippen molar-refractivity contribution in [2.45, 2.75) is 13.8 Å². The van der Waals surface area contributed by atoms with Crippen LogP contribution >= 0.6 is 0 Å². The molecule has 1 aromatic heterocycles. The van der Waals surface area contributed by atoms with Crippen LogP contribution in [0.5, 0.6) is 0 Å². The first-order valence-electron chi connectivity index (χ1n) is 6.41. The molecule has 3 rings (SSSR count). The predicted octanol–water partition coefficient (Wildman–Crippen LogP) is 3.60. The lowest BCUT2D eigenvalue weighted by atomic mass is 10.1. The minimum atomic E-state index is 0.443. The third-order valence-electron chi connectivity index (χ3n) is 3.24. The molecule has 0 saturated carbocycles. The quantitative estimate of drug-likeness (QED) is 0.719. The van der Waals surface area contributed by atoms with Crippen LogP contribution in [-0.4, -0.2) is 10.1 Å². The van der Waals surface area contributed by atoms with Crippen LogP contribution in [0.1, 0.15) is 11.1 Å². The van der Waals surface area contributed by atoms with Gasteiger partial charge in [0, 0.05) is 11.3 Å². The summed E-state index contributed by atoms with van der Waals surface area (Å²) in [5, 5.41) is 4.05. The van der Waals surface area contributed by atoms with Gasteiger partial charge in [0.05, 0.1) is 5.56 Å². The summed E-state index contributed by atoms with van der Waals surface area (Å²) in [5.74, 6) is 1.03. The van der Waals surface area contributed by atoms with Gasteiger partial charge in [0.25, 0.3) is 5.89 Å². The maximum atomic E-state index is 5.92. The summed E-state index contributed by atoms with van der Waals surface area (Å²) in [4.78, 5) is 4.44. The second-order valence-corrected chi connectivity index (χ2v) is 4.83. The normalized spacial score (nSPS) is 10.7. The van der Waals surface area contributed by atoms with E-state index in [4.69, 9.17) is 10.3 Å². The van der Waals surface area contributed by atoms with Crippen LogP contribution in [0.15, 0.2) is 47.0 Å². The van der Waals surface area contributed by atoms with Gasteiger partial charge in [-0.15, -0.1) is 0 Å². The van der Waals surface area contributed by atoms with E-state index in [2.05, 4.69) is 23.1 Å². The fraction of sp³-hybridized carbons (Fsp3) is 0.125. The molecule has 0 aliphatic rings. The number of hydrogen-bond acceptors (Lipinski definition) is 4. The fourth-order valence-corrected chi connectivity index (χ4v) is 2.20. The van der Waals surface area contributed by atoms with E-state index in [0.717, 1.165) is 16.7 Å². The zero-order valence-electron chi connectivity index (χ0n) is 11.4. The van der Waals surface area contributed by atoms with Gasteiger partial charge in [-0.3, -0.25) is 0 Å². The minimum absolute atomic E-state index is 0.443. The average molecular weight is 265 g/mol. The van der Waals surface area contributed by atoms with Crippen LogP contribution in [-0.2, 0) is 0 Å². The van der Waals surface area contributed by atoms with Gasteiger partial charge in [-0.1, -0.05) is 41.1 Å². The number of hydrogen-bond donors (Lipinski definition) is 1. The van der Waals surface area contributed by atoms with Crippen molar-refractivity contribution in [3.05, 3.63) is 53.6 Å². The summed E-state index contributed by atoms with van der Waals surface area (Å²) in [6.07, 6.45) is 0. The molecular weight excluding hydrogens is 250 g/mol. The number of anilines is 1. The molecular formula is C16H15N3O. The molecule has 3 aromatic rings. The highest BCUT2D eigenvalue weighted by molar-refractivity contribution is 5.71. The Hall–Kier alpha value is -2.62. The summed E-state index contributed by atoms with van der Waals surface area (Å²) in [7, 11) is 0. The molecule has 4 heteroatoms. The Balaban J connectivity index is 2.04. The summed E-state index contributed by atoms with van der Waals surface area (Å²) in [5.41, 5.74) is 10.6. The highest BCUT2D eigenvalue weighted by Crippen LogP contribution is 2.27. The van der Waals surface area contributed by atoms with Crippen molar-refractivity contribution in [3.63, 3.8) is 0 Å². The SMILES string of the molecule is Cc1ccc(-c2noc(-c3ccccc3N)n2)c(C)c1. The van der Waals surface area contributed by atoms with Crippen molar-refractivity contribution >= 4 is 5.69 Å². The van der Waals surface area contributed by atoms with Gasteiger partial charge in [0.1, 0.15) is 0 Å². The molecule has 0 amide bonds. The number of aromatic nitrogens is 2. The number of para-hydroxylation sites is 1. The second-order valence-electron chi connectivity index (χ2n) is 4.83. The lowest BCUT2D eigenvalue weighted by Gasteiger charge is -2.01.